The van der Waals surface area contributed by atoms with Crippen molar-refractivity contribution in [2.45, 2.75) is 58.8 Å². The van der Waals surface area contributed by atoms with E-state index in [4.69, 9.17) is 0 Å². The van der Waals surface area contributed by atoms with Crippen LogP contribution in [0.3, 0.4) is 0 Å². The topological polar surface area (TPSA) is 0 Å². The summed E-state index contributed by atoms with van der Waals surface area (Å²) in [6.45, 7) is 4.00. The molecule has 0 aromatic heterocycles. The summed E-state index contributed by atoms with van der Waals surface area (Å²) < 4.78 is 0. The lowest BCUT2D eigenvalue weighted by Crippen LogP contribution is -1.74. The fourth-order valence-corrected chi connectivity index (χ4v) is 1.13. The lowest BCUT2D eigenvalue weighted by molar-refractivity contribution is 0.634. The summed E-state index contributed by atoms with van der Waals surface area (Å²) >= 11 is 0. The van der Waals surface area contributed by atoms with Crippen LogP contribution in [0.15, 0.2) is 0 Å². The molecule has 0 heteroatoms. The van der Waals surface area contributed by atoms with Gasteiger partial charge in [-0.1, -0.05) is 33.1 Å². The Morgan fingerprint density at radius 2 is 1.00 bits per heavy atom. The molecule has 0 nitrogen and oxygen atoms in total. The van der Waals surface area contributed by atoms with Crippen molar-refractivity contribution in [3.05, 3.63) is 0 Å². The van der Waals surface area contributed by atoms with Crippen molar-refractivity contribution in [1.82, 2.24) is 0 Å². The van der Waals surface area contributed by atoms with Gasteiger partial charge in [-0.05, 0) is 12.8 Å². The smallest absolute Gasteiger partial charge is 0.00886 e. The van der Waals surface area contributed by atoms with E-state index >= 15 is 0 Å². The summed E-state index contributed by atoms with van der Waals surface area (Å²) in [5.41, 5.74) is 0. The molecule has 64 valence electrons. The van der Waals surface area contributed by atoms with Crippen LogP contribution in [0.1, 0.15) is 58.8 Å². The summed E-state index contributed by atoms with van der Waals surface area (Å²) in [6, 6.07) is 0. The molecule has 0 bridgehead atoms. The Balaban J connectivity index is 0.000000461. The number of hydrogen-bond acceptors (Lipinski definition) is 0. The first-order valence-corrected chi connectivity index (χ1v) is 4.96. The molecule has 0 aromatic carbocycles. The van der Waals surface area contributed by atoms with E-state index < -0.39 is 0 Å². The molecule has 0 amide bonds. The molecule has 0 atom stereocenters. The van der Waals surface area contributed by atoms with Crippen LogP contribution in [-0.2, 0) is 0 Å². The molecular weight excluding hydrogens is 132 g/mol. The minimum Gasteiger partial charge on any atom is -0.103 e. The SMILES string of the molecule is C1#CCCCCCCC1.CC. The number of hydrogen-bond donors (Lipinski definition) is 0. The van der Waals surface area contributed by atoms with Gasteiger partial charge in [-0.15, -0.1) is 11.8 Å². The monoisotopic (exact) mass is 152 g/mol. The highest BCUT2D eigenvalue weighted by molar-refractivity contribution is 4.98. The van der Waals surface area contributed by atoms with Gasteiger partial charge in [-0.3, -0.25) is 0 Å². The molecular formula is C11H20. The molecule has 0 heterocycles. The van der Waals surface area contributed by atoms with Crippen LogP contribution >= 0.6 is 0 Å². The third-order valence-electron chi connectivity index (χ3n) is 1.73. The van der Waals surface area contributed by atoms with Crippen molar-refractivity contribution in [1.29, 1.82) is 0 Å². The zero-order chi connectivity index (χ0) is 8.36. The average Bonchev–Trinajstić information content (AvgIpc) is 2.22. The van der Waals surface area contributed by atoms with Crippen molar-refractivity contribution in [3.63, 3.8) is 0 Å². The normalized spacial score (nSPS) is 17.3. The molecule has 0 spiro atoms. The Labute approximate surface area is 71.4 Å². The lowest BCUT2D eigenvalue weighted by Gasteiger charge is -1.93. The van der Waals surface area contributed by atoms with Crippen LogP contribution in [0.4, 0.5) is 0 Å². The maximum atomic E-state index is 3.18. The second-order valence-corrected chi connectivity index (χ2v) is 2.62. The van der Waals surface area contributed by atoms with Gasteiger partial charge in [-0.25, -0.2) is 0 Å². The minimum atomic E-state index is 1.14. The van der Waals surface area contributed by atoms with E-state index in [0.717, 1.165) is 12.8 Å². The third kappa shape index (κ3) is 7.46. The first-order chi connectivity index (χ1) is 5.50. The summed E-state index contributed by atoms with van der Waals surface area (Å²) in [5, 5.41) is 0. The average molecular weight is 152 g/mol. The molecule has 1 aliphatic carbocycles. The maximum absolute atomic E-state index is 3.18. The van der Waals surface area contributed by atoms with Crippen molar-refractivity contribution >= 4 is 0 Å². The first-order valence-electron chi connectivity index (χ1n) is 4.96. The number of rotatable bonds is 0. The van der Waals surface area contributed by atoms with Crippen LogP contribution in [0, 0.1) is 11.8 Å². The summed E-state index contributed by atoms with van der Waals surface area (Å²) in [4.78, 5) is 0. The zero-order valence-electron chi connectivity index (χ0n) is 7.95. The van der Waals surface area contributed by atoms with E-state index in [1.807, 2.05) is 13.8 Å². The van der Waals surface area contributed by atoms with Gasteiger partial charge >= 0.3 is 0 Å². The molecule has 0 saturated carbocycles. The highest BCUT2D eigenvalue weighted by atomic mass is 14.0. The van der Waals surface area contributed by atoms with Gasteiger partial charge in [0.2, 0.25) is 0 Å². The van der Waals surface area contributed by atoms with Crippen LogP contribution in [0.2, 0.25) is 0 Å². The standard InChI is InChI=1S/C9H14.C2H6/c1-2-4-6-8-9-7-5-3-1;1-2/h1-7H2;1-2H3. The Bertz CT molecular complexity index is 102. The van der Waals surface area contributed by atoms with Crippen LogP contribution in [0.5, 0.6) is 0 Å². The molecule has 0 aromatic rings. The van der Waals surface area contributed by atoms with Crippen LogP contribution < -0.4 is 0 Å². The van der Waals surface area contributed by atoms with Gasteiger partial charge in [0.1, 0.15) is 0 Å². The van der Waals surface area contributed by atoms with Crippen LogP contribution in [-0.4, -0.2) is 0 Å². The van der Waals surface area contributed by atoms with Gasteiger partial charge in [0, 0.05) is 12.8 Å². The Kier molecular flexibility index (Phi) is 9.18. The van der Waals surface area contributed by atoms with Crippen molar-refractivity contribution < 1.29 is 0 Å². The molecule has 1 aliphatic rings. The summed E-state index contributed by atoms with van der Waals surface area (Å²) in [5.74, 6) is 6.35. The van der Waals surface area contributed by atoms with Crippen molar-refractivity contribution in [2.75, 3.05) is 0 Å². The molecule has 11 heavy (non-hydrogen) atoms. The summed E-state index contributed by atoms with van der Waals surface area (Å²) in [7, 11) is 0. The zero-order valence-corrected chi connectivity index (χ0v) is 7.95. The fraction of sp³-hybridized carbons (Fsp3) is 0.818. The second kappa shape index (κ2) is 9.56. The van der Waals surface area contributed by atoms with E-state index in [2.05, 4.69) is 11.8 Å². The quantitative estimate of drug-likeness (QED) is 0.464. The molecule has 0 aliphatic heterocycles. The molecule has 0 unspecified atom stereocenters. The largest absolute Gasteiger partial charge is 0.103 e. The Hall–Kier alpha value is -0.440. The predicted octanol–water partition coefficient (Wildman–Crippen LogP) is 3.76. The molecule has 0 radical (unpaired) electrons. The van der Waals surface area contributed by atoms with Gasteiger partial charge < -0.3 is 0 Å². The van der Waals surface area contributed by atoms with E-state index in [1.165, 1.54) is 32.1 Å². The predicted molar refractivity (Wildman–Crippen MR) is 51.4 cm³/mol. The Morgan fingerprint density at radius 1 is 0.636 bits per heavy atom. The highest BCUT2D eigenvalue weighted by Crippen LogP contribution is 2.07. The van der Waals surface area contributed by atoms with E-state index in [1.54, 1.807) is 0 Å². The fourth-order valence-electron chi connectivity index (χ4n) is 1.13. The van der Waals surface area contributed by atoms with Crippen LogP contribution in [0.25, 0.3) is 0 Å². The highest BCUT2D eigenvalue weighted by Gasteiger charge is 1.90. The summed E-state index contributed by atoms with van der Waals surface area (Å²) in [6.07, 6.45) is 9.15. The van der Waals surface area contributed by atoms with Crippen molar-refractivity contribution in [2.24, 2.45) is 0 Å². The van der Waals surface area contributed by atoms with E-state index in [-0.39, 0.29) is 0 Å². The lowest BCUT2D eigenvalue weighted by atomic mass is 10.1. The van der Waals surface area contributed by atoms with Gasteiger partial charge in [0.15, 0.2) is 0 Å². The van der Waals surface area contributed by atoms with Gasteiger partial charge in [0.05, 0.1) is 0 Å². The Morgan fingerprint density at radius 3 is 1.45 bits per heavy atom. The van der Waals surface area contributed by atoms with E-state index in [0.29, 0.717) is 0 Å². The third-order valence-corrected chi connectivity index (χ3v) is 1.73. The minimum absolute atomic E-state index is 1.14. The van der Waals surface area contributed by atoms with Gasteiger partial charge in [-0.2, -0.15) is 0 Å². The van der Waals surface area contributed by atoms with Gasteiger partial charge in [0.25, 0.3) is 0 Å². The second-order valence-electron chi connectivity index (χ2n) is 2.62. The molecule has 0 N–H and O–H groups in total. The first kappa shape index (κ1) is 10.6. The molecule has 1 rings (SSSR count). The molecule has 0 saturated heterocycles. The molecule has 0 fully saturated rings. The van der Waals surface area contributed by atoms with Crippen molar-refractivity contribution in [3.8, 4) is 11.8 Å². The maximum Gasteiger partial charge on any atom is 0.00886 e. The van der Waals surface area contributed by atoms with E-state index in [9.17, 15) is 0 Å².